The topological polar surface area (TPSA) is 17.1 Å². The molecule has 0 radical (unpaired) electrons. The maximum Gasteiger partial charge on any atom is 0.131 e. The molecule has 0 aliphatic heterocycles. The summed E-state index contributed by atoms with van der Waals surface area (Å²) in [6.45, 7) is 1.53. The van der Waals surface area contributed by atoms with Gasteiger partial charge in [0.15, 0.2) is 0 Å². The smallest absolute Gasteiger partial charge is 0.131 e. The minimum Gasteiger partial charge on any atom is -0.300 e. The van der Waals surface area contributed by atoms with Gasteiger partial charge in [-0.2, -0.15) is 0 Å². The summed E-state index contributed by atoms with van der Waals surface area (Å²) < 4.78 is 0. The Bertz CT molecular complexity index is 251. The van der Waals surface area contributed by atoms with Crippen LogP contribution in [0, 0.1) is 0 Å². The van der Waals surface area contributed by atoms with E-state index in [-0.39, 0.29) is 5.78 Å². The van der Waals surface area contributed by atoms with Gasteiger partial charge in [0.25, 0.3) is 0 Å². The fraction of sp³-hybridized carbons (Fsp3) is 0.444. The summed E-state index contributed by atoms with van der Waals surface area (Å²) in [5, 5.41) is 0.703. The third kappa shape index (κ3) is 2.65. The molecular weight excluding hydrogens is 195 g/mol. The third-order valence-electron chi connectivity index (χ3n) is 1.68. The molecule has 3 heteroatoms. The van der Waals surface area contributed by atoms with Crippen LogP contribution >= 0.6 is 23.2 Å². The lowest BCUT2D eigenvalue weighted by Crippen LogP contribution is -2.23. The van der Waals surface area contributed by atoms with E-state index in [1.807, 2.05) is 6.08 Å². The summed E-state index contributed by atoms with van der Waals surface area (Å²) in [5.74, 6) is 0.0843. The van der Waals surface area contributed by atoms with Crippen molar-refractivity contribution < 1.29 is 4.79 Å². The first-order chi connectivity index (χ1) is 5.52. The first-order valence-electron chi connectivity index (χ1n) is 3.74. The van der Waals surface area contributed by atoms with Gasteiger partial charge < -0.3 is 0 Å². The molecule has 0 amide bonds. The second kappa shape index (κ2) is 3.63. The van der Waals surface area contributed by atoms with E-state index in [0.717, 1.165) is 0 Å². The molecule has 1 aliphatic carbocycles. The Hall–Kier alpha value is -0.270. The largest absolute Gasteiger partial charge is 0.300 e. The highest BCUT2D eigenvalue weighted by atomic mass is 35.5. The number of Topliss-reactive ketones (excluding diaryl/α,β-unsaturated/α-hetero) is 1. The molecule has 0 N–H and O–H groups in total. The van der Waals surface area contributed by atoms with E-state index in [4.69, 9.17) is 23.2 Å². The lowest BCUT2D eigenvalue weighted by Gasteiger charge is -2.23. The quantitative estimate of drug-likeness (QED) is 0.633. The number of allylic oxidation sites excluding steroid dienone is 4. The highest BCUT2D eigenvalue weighted by Gasteiger charge is 2.28. The van der Waals surface area contributed by atoms with E-state index in [2.05, 4.69) is 0 Å². The van der Waals surface area contributed by atoms with Gasteiger partial charge in [-0.15, -0.1) is 11.6 Å². The van der Waals surface area contributed by atoms with E-state index < -0.39 is 4.87 Å². The molecule has 66 valence electrons. The number of carbonyl (C=O) groups excluding carboxylic acids is 1. The number of alkyl halides is 1. The molecule has 12 heavy (non-hydrogen) atoms. The number of ketones is 1. The van der Waals surface area contributed by atoms with Crippen LogP contribution in [0.25, 0.3) is 0 Å². The van der Waals surface area contributed by atoms with Gasteiger partial charge in [-0.3, -0.25) is 4.79 Å². The first-order valence-corrected chi connectivity index (χ1v) is 4.50. The fourth-order valence-electron chi connectivity index (χ4n) is 1.26. The van der Waals surface area contributed by atoms with Crippen LogP contribution in [0.2, 0.25) is 0 Å². The van der Waals surface area contributed by atoms with Gasteiger partial charge >= 0.3 is 0 Å². The van der Waals surface area contributed by atoms with Crippen LogP contribution in [0.5, 0.6) is 0 Å². The highest BCUT2D eigenvalue weighted by molar-refractivity contribution is 6.32. The molecule has 0 saturated carbocycles. The number of carbonyl (C=O) groups is 1. The predicted octanol–water partition coefficient (Wildman–Crippen LogP) is 3.03. The van der Waals surface area contributed by atoms with Crippen molar-refractivity contribution in [3.63, 3.8) is 0 Å². The number of halogens is 2. The van der Waals surface area contributed by atoms with Crippen LogP contribution in [0.3, 0.4) is 0 Å². The Morgan fingerprint density at radius 3 is 2.92 bits per heavy atom. The van der Waals surface area contributed by atoms with Crippen molar-refractivity contribution in [1.29, 1.82) is 0 Å². The Balaban J connectivity index is 2.69. The standard InChI is InChI=1S/C9H10Cl2O/c1-7(12)5-9(11)4-2-3-8(10)6-9/h2-4H,5-6H2,1H3. The van der Waals surface area contributed by atoms with Crippen molar-refractivity contribution in [3.05, 3.63) is 23.3 Å². The van der Waals surface area contributed by atoms with E-state index in [9.17, 15) is 4.79 Å². The lowest BCUT2D eigenvalue weighted by atomic mass is 9.94. The van der Waals surface area contributed by atoms with Crippen molar-refractivity contribution in [2.24, 2.45) is 0 Å². The average Bonchev–Trinajstić information content (AvgIpc) is 1.82. The van der Waals surface area contributed by atoms with Crippen LogP contribution in [-0.4, -0.2) is 10.7 Å². The maximum absolute atomic E-state index is 10.8. The molecule has 1 atom stereocenters. The van der Waals surface area contributed by atoms with Crippen LogP contribution < -0.4 is 0 Å². The zero-order valence-corrected chi connectivity index (χ0v) is 8.32. The first kappa shape index (κ1) is 9.82. The van der Waals surface area contributed by atoms with Gasteiger partial charge in [0.05, 0.1) is 4.87 Å². The second-order valence-corrected chi connectivity index (χ2v) is 4.30. The van der Waals surface area contributed by atoms with Crippen molar-refractivity contribution in [1.82, 2.24) is 0 Å². The van der Waals surface area contributed by atoms with Crippen LogP contribution in [0.1, 0.15) is 19.8 Å². The van der Waals surface area contributed by atoms with Gasteiger partial charge in [0.1, 0.15) is 5.78 Å². The molecule has 0 saturated heterocycles. The molecule has 0 heterocycles. The van der Waals surface area contributed by atoms with E-state index in [0.29, 0.717) is 17.9 Å². The molecule has 0 fully saturated rings. The minimum atomic E-state index is -0.586. The summed E-state index contributed by atoms with van der Waals surface area (Å²) >= 11 is 11.9. The van der Waals surface area contributed by atoms with Crippen molar-refractivity contribution in [2.45, 2.75) is 24.6 Å². The average molecular weight is 205 g/mol. The monoisotopic (exact) mass is 204 g/mol. The van der Waals surface area contributed by atoms with E-state index in [1.165, 1.54) is 6.92 Å². The molecule has 0 aromatic rings. The Morgan fingerprint density at radius 1 is 1.75 bits per heavy atom. The number of hydrogen-bond acceptors (Lipinski definition) is 1. The van der Waals surface area contributed by atoms with Gasteiger partial charge in [-0.1, -0.05) is 23.8 Å². The lowest BCUT2D eigenvalue weighted by molar-refractivity contribution is -0.117. The summed E-state index contributed by atoms with van der Waals surface area (Å²) in [6, 6.07) is 0. The molecule has 1 aliphatic rings. The van der Waals surface area contributed by atoms with Crippen LogP contribution in [0.15, 0.2) is 23.3 Å². The summed E-state index contributed by atoms with van der Waals surface area (Å²) in [6.07, 6.45) is 6.30. The Morgan fingerprint density at radius 2 is 2.42 bits per heavy atom. The molecule has 1 unspecified atom stereocenters. The van der Waals surface area contributed by atoms with E-state index >= 15 is 0 Å². The van der Waals surface area contributed by atoms with Crippen molar-refractivity contribution in [2.75, 3.05) is 0 Å². The second-order valence-electron chi connectivity index (χ2n) is 3.06. The van der Waals surface area contributed by atoms with E-state index in [1.54, 1.807) is 12.2 Å². The molecule has 0 bridgehead atoms. The summed E-state index contributed by atoms with van der Waals surface area (Å²) in [7, 11) is 0. The summed E-state index contributed by atoms with van der Waals surface area (Å²) in [5.41, 5.74) is 0. The fourth-order valence-corrected chi connectivity index (χ4v) is 2.04. The summed E-state index contributed by atoms with van der Waals surface area (Å²) in [4.78, 5) is 10.3. The minimum absolute atomic E-state index is 0.0843. The highest BCUT2D eigenvalue weighted by Crippen LogP contribution is 2.34. The molecule has 1 nitrogen and oxygen atoms in total. The SMILES string of the molecule is CC(=O)CC1(Cl)C=CC=C(Cl)C1. The molecular formula is C9H10Cl2O. The third-order valence-corrected chi connectivity index (χ3v) is 2.33. The molecule has 0 spiro atoms. The molecule has 1 rings (SSSR count). The Kier molecular flexibility index (Phi) is 2.97. The Labute approximate surface area is 82.0 Å². The zero-order chi connectivity index (χ0) is 9.19. The number of hydrogen-bond donors (Lipinski definition) is 0. The molecule has 0 aromatic carbocycles. The van der Waals surface area contributed by atoms with Crippen LogP contribution in [0.4, 0.5) is 0 Å². The van der Waals surface area contributed by atoms with Gasteiger partial charge in [-0.25, -0.2) is 0 Å². The predicted molar refractivity (Wildman–Crippen MR) is 51.6 cm³/mol. The van der Waals surface area contributed by atoms with Gasteiger partial charge in [0.2, 0.25) is 0 Å². The van der Waals surface area contributed by atoms with Crippen molar-refractivity contribution >= 4 is 29.0 Å². The molecule has 0 aromatic heterocycles. The van der Waals surface area contributed by atoms with Gasteiger partial charge in [0, 0.05) is 17.9 Å². The zero-order valence-electron chi connectivity index (χ0n) is 6.81. The number of rotatable bonds is 2. The van der Waals surface area contributed by atoms with Crippen LogP contribution in [-0.2, 0) is 4.79 Å². The van der Waals surface area contributed by atoms with Crippen molar-refractivity contribution in [3.8, 4) is 0 Å². The normalized spacial score (nSPS) is 28.4. The maximum atomic E-state index is 10.8. The van der Waals surface area contributed by atoms with Gasteiger partial charge in [-0.05, 0) is 13.0 Å².